The lowest BCUT2D eigenvalue weighted by molar-refractivity contribution is 0.398. The van der Waals surface area contributed by atoms with E-state index in [0.29, 0.717) is 17.7 Å². The molecule has 0 spiro atoms. The molecule has 0 radical (unpaired) electrons. The Morgan fingerprint density at radius 3 is 2.77 bits per heavy atom. The van der Waals surface area contributed by atoms with Gasteiger partial charge in [0, 0.05) is 11.6 Å². The number of halogens is 1. The van der Waals surface area contributed by atoms with Gasteiger partial charge in [-0.3, -0.25) is 0 Å². The Labute approximate surface area is 77.5 Å². The minimum atomic E-state index is -0.297. The highest BCUT2D eigenvalue weighted by atomic mass is 19.1. The van der Waals surface area contributed by atoms with E-state index in [1.807, 2.05) is 6.92 Å². The summed E-state index contributed by atoms with van der Waals surface area (Å²) >= 11 is 0. The highest BCUT2D eigenvalue weighted by Crippen LogP contribution is 2.27. The number of benzene rings is 1. The Hall–Kier alpha value is -1.09. The van der Waals surface area contributed by atoms with Crippen molar-refractivity contribution in [2.75, 3.05) is 7.11 Å². The van der Waals surface area contributed by atoms with E-state index in [1.54, 1.807) is 12.1 Å². The number of hydrogen-bond donors (Lipinski definition) is 1. The van der Waals surface area contributed by atoms with Crippen LogP contribution in [-0.2, 0) is 0 Å². The van der Waals surface area contributed by atoms with Gasteiger partial charge in [-0.1, -0.05) is 13.0 Å². The molecule has 0 fully saturated rings. The summed E-state index contributed by atoms with van der Waals surface area (Å²) in [6.45, 7) is 1.91. The third-order valence-corrected chi connectivity index (χ3v) is 2.04. The van der Waals surface area contributed by atoms with Gasteiger partial charge in [0.15, 0.2) is 0 Å². The second kappa shape index (κ2) is 4.23. The monoisotopic (exact) mass is 183 g/mol. The molecule has 3 heteroatoms. The second-order valence-corrected chi connectivity index (χ2v) is 2.87. The molecule has 1 rings (SSSR count). The van der Waals surface area contributed by atoms with Crippen LogP contribution in [0, 0.1) is 5.82 Å². The van der Waals surface area contributed by atoms with Gasteiger partial charge in [-0.25, -0.2) is 4.39 Å². The van der Waals surface area contributed by atoms with Crippen molar-refractivity contribution < 1.29 is 9.13 Å². The van der Waals surface area contributed by atoms with Crippen LogP contribution in [-0.4, -0.2) is 7.11 Å². The Morgan fingerprint density at radius 1 is 1.54 bits per heavy atom. The molecule has 0 aromatic heterocycles. The van der Waals surface area contributed by atoms with Crippen molar-refractivity contribution in [3.8, 4) is 5.75 Å². The number of ether oxygens (including phenoxy) is 1. The molecule has 2 N–H and O–H groups in total. The average Bonchev–Trinajstić information content (AvgIpc) is 2.16. The van der Waals surface area contributed by atoms with Gasteiger partial charge in [0.1, 0.15) is 11.6 Å². The first-order chi connectivity index (χ1) is 6.20. The maximum atomic E-state index is 13.3. The minimum Gasteiger partial charge on any atom is -0.496 e. The van der Waals surface area contributed by atoms with Crippen LogP contribution >= 0.6 is 0 Å². The van der Waals surface area contributed by atoms with Crippen molar-refractivity contribution in [2.24, 2.45) is 5.73 Å². The summed E-state index contributed by atoms with van der Waals surface area (Å²) < 4.78 is 18.3. The summed E-state index contributed by atoms with van der Waals surface area (Å²) in [6.07, 6.45) is 0.692. The first kappa shape index (κ1) is 9.99. The van der Waals surface area contributed by atoms with Crippen molar-refractivity contribution >= 4 is 0 Å². The topological polar surface area (TPSA) is 35.2 Å². The van der Waals surface area contributed by atoms with Gasteiger partial charge in [-0.2, -0.15) is 0 Å². The Balaban J connectivity index is 3.14. The van der Waals surface area contributed by atoms with E-state index in [2.05, 4.69) is 0 Å². The van der Waals surface area contributed by atoms with Crippen molar-refractivity contribution in [3.63, 3.8) is 0 Å². The van der Waals surface area contributed by atoms with Crippen molar-refractivity contribution in [1.82, 2.24) is 0 Å². The molecule has 2 nitrogen and oxygen atoms in total. The highest BCUT2D eigenvalue weighted by Gasteiger charge is 2.14. The summed E-state index contributed by atoms with van der Waals surface area (Å²) in [5.74, 6) is 0.225. The van der Waals surface area contributed by atoms with E-state index in [4.69, 9.17) is 10.5 Å². The normalized spacial score (nSPS) is 12.6. The van der Waals surface area contributed by atoms with E-state index < -0.39 is 0 Å². The lowest BCUT2D eigenvalue weighted by Crippen LogP contribution is -2.12. The van der Waals surface area contributed by atoms with Crippen LogP contribution in [0.2, 0.25) is 0 Å². The van der Waals surface area contributed by atoms with E-state index in [0.717, 1.165) is 0 Å². The molecule has 72 valence electrons. The summed E-state index contributed by atoms with van der Waals surface area (Å²) in [5, 5.41) is 0. The number of methoxy groups -OCH3 is 1. The molecular formula is C10H14FNO. The number of nitrogens with two attached hydrogens (primary N) is 1. The summed E-state index contributed by atoms with van der Waals surface area (Å²) in [7, 11) is 1.51. The van der Waals surface area contributed by atoms with Gasteiger partial charge >= 0.3 is 0 Å². The van der Waals surface area contributed by atoms with E-state index in [-0.39, 0.29) is 11.9 Å². The molecule has 0 saturated carbocycles. The second-order valence-electron chi connectivity index (χ2n) is 2.87. The SMILES string of the molecule is CC[C@H](N)c1c(F)cccc1OC. The Morgan fingerprint density at radius 2 is 2.23 bits per heavy atom. The molecule has 0 aliphatic carbocycles. The number of hydrogen-bond acceptors (Lipinski definition) is 2. The van der Waals surface area contributed by atoms with Crippen LogP contribution in [0.4, 0.5) is 4.39 Å². The van der Waals surface area contributed by atoms with Crippen molar-refractivity contribution in [2.45, 2.75) is 19.4 Å². The zero-order chi connectivity index (χ0) is 9.84. The lowest BCUT2D eigenvalue weighted by Gasteiger charge is -2.14. The fourth-order valence-corrected chi connectivity index (χ4v) is 1.26. The molecule has 0 aliphatic heterocycles. The zero-order valence-corrected chi connectivity index (χ0v) is 7.88. The predicted octanol–water partition coefficient (Wildman–Crippen LogP) is 2.24. The van der Waals surface area contributed by atoms with Gasteiger partial charge in [-0.15, -0.1) is 0 Å². The van der Waals surface area contributed by atoms with Crippen LogP contribution in [0.25, 0.3) is 0 Å². The molecule has 0 aliphatic rings. The van der Waals surface area contributed by atoms with E-state index >= 15 is 0 Å². The van der Waals surface area contributed by atoms with Crippen molar-refractivity contribution in [1.29, 1.82) is 0 Å². The van der Waals surface area contributed by atoms with Gasteiger partial charge in [0.05, 0.1) is 7.11 Å². The standard InChI is InChI=1S/C10H14FNO/c1-3-8(12)10-7(11)5-4-6-9(10)13-2/h4-6,8H,3,12H2,1-2H3/t8-/m0/s1. The maximum Gasteiger partial charge on any atom is 0.131 e. The zero-order valence-electron chi connectivity index (χ0n) is 7.88. The fourth-order valence-electron chi connectivity index (χ4n) is 1.26. The predicted molar refractivity (Wildman–Crippen MR) is 50.2 cm³/mol. The van der Waals surface area contributed by atoms with Crippen LogP contribution in [0.15, 0.2) is 18.2 Å². The lowest BCUT2D eigenvalue weighted by atomic mass is 10.0. The average molecular weight is 183 g/mol. The molecular weight excluding hydrogens is 169 g/mol. The number of rotatable bonds is 3. The summed E-state index contributed by atoms with van der Waals surface area (Å²) in [4.78, 5) is 0. The minimum absolute atomic E-state index is 0.295. The molecule has 0 saturated heterocycles. The quantitative estimate of drug-likeness (QED) is 0.780. The van der Waals surface area contributed by atoms with Gasteiger partial charge in [0.25, 0.3) is 0 Å². The van der Waals surface area contributed by atoms with Gasteiger partial charge in [0.2, 0.25) is 0 Å². The molecule has 0 unspecified atom stereocenters. The fraction of sp³-hybridized carbons (Fsp3) is 0.400. The molecule has 1 aromatic carbocycles. The Kier molecular flexibility index (Phi) is 3.25. The molecule has 0 amide bonds. The largest absolute Gasteiger partial charge is 0.496 e. The highest BCUT2D eigenvalue weighted by molar-refractivity contribution is 5.36. The van der Waals surface area contributed by atoms with Crippen LogP contribution < -0.4 is 10.5 Å². The maximum absolute atomic E-state index is 13.3. The molecule has 0 bridgehead atoms. The molecule has 1 atom stereocenters. The first-order valence-corrected chi connectivity index (χ1v) is 4.28. The van der Waals surface area contributed by atoms with Crippen LogP contribution in [0.1, 0.15) is 24.9 Å². The van der Waals surface area contributed by atoms with E-state index in [9.17, 15) is 4.39 Å². The van der Waals surface area contributed by atoms with Crippen LogP contribution in [0.3, 0.4) is 0 Å². The van der Waals surface area contributed by atoms with Crippen LogP contribution in [0.5, 0.6) is 5.75 Å². The first-order valence-electron chi connectivity index (χ1n) is 4.28. The third-order valence-electron chi connectivity index (χ3n) is 2.04. The summed E-state index contributed by atoms with van der Waals surface area (Å²) in [5.41, 5.74) is 6.22. The summed E-state index contributed by atoms with van der Waals surface area (Å²) in [6, 6.07) is 4.43. The molecule has 0 heterocycles. The molecule has 13 heavy (non-hydrogen) atoms. The van der Waals surface area contributed by atoms with Crippen molar-refractivity contribution in [3.05, 3.63) is 29.6 Å². The third kappa shape index (κ3) is 1.98. The Bertz CT molecular complexity index is 288. The van der Waals surface area contributed by atoms with Gasteiger partial charge in [-0.05, 0) is 18.6 Å². The smallest absolute Gasteiger partial charge is 0.131 e. The molecule has 1 aromatic rings. The van der Waals surface area contributed by atoms with E-state index in [1.165, 1.54) is 13.2 Å². The van der Waals surface area contributed by atoms with Gasteiger partial charge < -0.3 is 10.5 Å².